The van der Waals surface area contributed by atoms with E-state index in [1.54, 1.807) is 0 Å². The van der Waals surface area contributed by atoms with Gasteiger partial charge in [-0.3, -0.25) is 10.1 Å². The molecule has 1 fully saturated rings. The highest BCUT2D eigenvalue weighted by Crippen LogP contribution is 2.35. The van der Waals surface area contributed by atoms with Gasteiger partial charge in [0.1, 0.15) is 11.7 Å². The lowest BCUT2D eigenvalue weighted by atomic mass is 10.2. The number of rotatable bonds is 5. The number of hydrogen-bond donors (Lipinski definition) is 1. The zero-order valence-electron chi connectivity index (χ0n) is 11.9. The van der Waals surface area contributed by atoms with Gasteiger partial charge in [0.25, 0.3) is 5.69 Å². The van der Waals surface area contributed by atoms with Crippen molar-refractivity contribution in [2.45, 2.75) is 30.7 Å². The van der Waals surface area contributed by atoms with E-state index in [0.717, 1.165) is 6.07 Å². The summed E-state index contributed by atoms with van der Waals surface area (Å²) in [6.07, 6.45) is 1.02. The van der Waals surface area contributed by atoms with E-state index in [2.05, 4.69) is 0 Å². The van der Waals surface area contributed by atoms with Crippen LogP contribution in [0.3, 0.4) is 0 Å². The first kappa shape index (κ1) is 16.2. The van der Waals surface area contributed by atoms with Crippen molar-refractivity contribution >= 4 is 27.2 Å². The third-order valence-corrected chi connectivity index (χ3v) is 5.46. The fourth-order valence-corrected chi connectivity index (χ4v) is 3.46. The van der Waals surface area contributed by atoms with E-state index in [4.69, 9.17) is 0 Å². The number of benzene rings is 1. The standard InChI is InChI=1S/C13H16N2O6S/c1-2-22(20,21)9-5-6-10(12(8-9)15(18)19)14-7-3-4-11(14)13(16)17/h5-6,8,11H,2-4,7H2,1H3,(H,16,17)/t11-/m0/s1. The lowest BCUT2D eigenvalue weighted by Crippen LogP contribution is -2.36. The SMILES string of the molecule is CCS(=O)(=O)c1ccc(N2CCC[C@H]2C(=O)O)c([N+](=O)[O-])c1. The molecule has 0 unspecified atom stereocenters. The van der Waals surface area contributed by atoms with Crippen LogP contribution in [0.5, 0.6) is 0 Å². The van der Waals surface area contributed by atoms with Gasteiger partial charge in [0.05, 0.1) is 15.6 Å². The number of carboxylic acids is 1. The van der Waals surface area contributed by atoms with Crippen molar-refractivity contribution in [1.82, 2.24) is 0 Å². The van der Waals surface area contributed by atoms with Gasteiger partial charge in [-0.2, -0.15) is 0 Å². The molecule has 9 heteroatoms. The molecule has 0 radical (unpaired) electrons. The molecule has 8 nitrogen and oxygen atoms in total. The molecule has 0 aliphatic carbocycles. The second-order valence-electron chi connectivity index (χ2n) is 5.00. The summed E-state index contributed by atoms with van der Waals surface area (Å²) in [7, 11) is -3.56. The Morgan fingerprint density at radius 1 is 1.50 bits per heavy atom. The number of carbonyl (C=O) groups is 1. The van der Waals surface area contributed by atoms with Crippen LogP contribution in [0.1, 0.15) is 19.8 Å². The average molecular weight is 328 g/mol. The Hall–Kier alpha value is -2.16. The first-order valence-corrected chi connectivity index (χ1v) is 8.43. The van der Waals surface area contributed by atoms with Crippen LogP contribution < -0.4 is 4.90 Å². The van der Waals surface area contributed by atoms with E-state index in [0.29, 0.717) is 19.4 Å². The summed E-state index contributed by atoms with van der Waals surface area (Å²) in [5, 5.41) is 20.4. The molecule has 0 aromatic heterocycles. The number of anilines is 1. The summed E-state index contributed by atoms with van der Waals surface area (Å²) < 4.78 is 23.7. The Bertz CT molecular complexity index is 715. The van der Waals surface area contributed by atoms with Gasteiger partial charge in [-0.05, 0) is 25.0 Å². The Morgan fingerprint density at radius 2 is 2.18 bits per heavy atom. The Kier molecular flexibility index (Phi) is 4.36. The summed E-state index contributed by atoms with van der Waals surface area (Å²) in [6, 6.07) is 2.79. The molecule has 1 saturated heterocycles. The smallest absolute Gasteiger partial charge is 0.326 e. The largest absolute Gasteiger partial charge is 0.480 e. The van der Waals surface area contributed by atoms with Gasteiger partial charge in [0.2, 0.25) is 0 Å². The van der Waals surface area contributed by atoms with Crippen molar-refractivity contribution in [3.05, 3.63) is 28.3 Å². The molecule has 22 heavy (non-hydrogen) atoms. The molecule has 120 valence electrons. The van der Waals surface area contributed by atoms with Gasteiger partial charge >= 0.3 is 5.97 Å². The molecule has 1 heterocycles. The predicted molar refractivity (Wildman–Crippen MR) is 78.8 cm³/mol. The Labute approximate surface area is 127 Å². The monoisotopic (exact) mass is 328 g/mol. The van der Waals surface area contributed by atoms with Crippen molar-refractivity contribution in [3.8, 4) is 0 Å². The summed E-state index contributed by atoms with van der Waals surface area (Å²) in [6.45, 7) is 1.84. The molecular formula is C13H16N2O6S. The molecule has 1 aliphatic rings. The molecule has 0 amide bonds. The molecule has 1 aromatic rings. The Balaban J connectivity index is 2.53. The molecule has 2 rings (SSSR count). The number of aliphatic carboxylic acids is 1. The van der Waals surface area contributed by atoms with Gasteiger partial charge in [-0.1, -0.05) is 6.92 Å². The van der Waals surface area contributed by atoms with Crippen LogP contribution in [0.25, 0.3) is 0 Å². The number of nitro groups is 1. The van der Waals surface area contributed by atoms with E-state index in [1.807, 2.05) is 0 Å². The van der Waals surface area contributed by atoms with Gasteiger partial charge in [-0.25, -0.2) is 13.2 Å². The summed E-state index contributed by atoms with van der Waals surface area (Å²) in [5.74, 6) is -1.21. The van der Waals surface area contributed by atoms with Crippen LogP contribution in [0, 0.1) is 10.1 Å². The molecule has 0 spiro atoms. The van der Waals surface area contributed by atoms with E-state index in [-0.39, 0.29) is 22.0 Å². The minimum atomic E-state index is -3.56. The zero-order valence-corrected chi connectivity index (χ0v) is 12.7. The highest BCUT2D eigenvalue weighted by molar-refractivity contribution is 7.91. The minimum Gasteiger partial charge on any atom is -0.480 e. The Morgan fingerprint density at radius 3 is 2.73 bits per heavy atom. The van der Waals surface area contributed by atoms with Crippen LogP contribution in [0.15, 0.2) is 23.1 Å². The quantitative estimate of drug-likeness (QED) is 0.641. The van der Waals surface area contributed by atoms with E-state index in [1.165, 1.54) is 24.0 Å². The second kappa shape index (κ2) is 5.91. The fourth-order valence-electron chi connectivity index (χ4n) is 2.56. The topological polar surface area (TPSA) is 118 Å². The second-order valence-corrected chi connectivity index (χ2v) is 7.28. The summed E-state index contributed by atoms with van der Waals surface area (Å²) >= 11 is 0. The van der Waals surface area contributed by atoms with Crippen LogP contribution in [0.4, 0.5) is 11.4 Å². The maximum Gasteiger partial charge on any atom is 0.326 e. The zero-order chi connectivity index (χ0) is 16.5. The summed E-state index contributed by atoms with van der Waals surface area (Å²) in [5.41, 5.74) is -0.243. The molecular weight excluding hydrogens is 312 g/mol. The van der Waals surface area contributed by atoms with Crippen LogP contribution in [-0.2, 0) is 14.6 Å². The van der Waals surface area contributed by atoms with Crippen molar-refractivity contribution in [3.63, 3.8) is 0 Å². The average Bonchev–Trinajstić information content (AvgIpc) is 2.96. The normalized spacial score (nSPS) is 18.4. The van der Waals surface area contributed by atoms with Crippen LogP contribution in [-0.4, -0.2) is 42.8 Å². The predicted octanol–water partition coefficient (Wildman–Crippen LogP) is 1.44. The molecule has 1 N–H and O–H groups in total. The first-order valence-electron chi connectivity index (χ1n) is 6.78. The van der Waals surface area contributed by atoms with E-state index < -0.39 is 26.8 Å². The maximum atomic E-state index is 11.9. The molecule has 1 aliphatic heterocycles. The summed E-state index contributed by atoms with van der Waals surface area (Å²) in [4.78, 5) is 23.1. The molecule has 1 aromatic carbocycles. The van der Waals surface area contributed by atoms with Gasteiger partial charge < -0.3 is 10.0 Å². The first-order chi connectivity index (χ1) is 10.3. The number of hydrogen-bond acceptors (Lipinski definition) is 6. The van der Waals surface area contributed by atoms with Crippen LogP contribution >= 0.6 is 0 Å². The van der Waals surface area contributed by atoms with Gasteiger partial charge in [0.15, 0.2) is 9.84 Å². The minimum absolute atomic E-state index is 0.128. The molecule has 1 atom stereocenters. The fraction of sp³-hybridized carbons (Fsp3) is 0.462. The van der Waals surface area contributed by atoms with Crippen molar-refractivity contribution in [2.24, 2.45) is 0 Å². The molecule has 0 bridgehead atoms. The van der Waals surface area contributed by atoms with Crippen LogP contribution in [0.2, 0.25) is 0 Å². The highest BCUT2D eigenvalue weighted by Gasteiger charge is 2.34. The maximum absolute atomic E-state index is 11.9. The lowest BCUT2D eigenvalue weighted by molar-refractivity contribution is -0.384. The van der Waals surface area contributed by atoms with Gasteiger partial charge in [-0.15, -0.1) is 0 Å². The van der Waals surface area contributed by atoms with Crippen molar-refractivity contribution < 1.29 is 23.2 Å². The number of nitrogens with zero attached hydrogens (tertiary/aromatic N) is 2. The highest BCUT2D eigenvalue weighted by atomic mass is 32.2. The van der Waals surface area contributed by atoms with Crippen molar-refractivity contribution in [2.75, 3.05) is 17.2 Å². The number of sulfone groups is 1. The molecule has 0 saturated carbocycles. The van der Waals surface area contributed by atoms with Crippen molar-refractivity contribution in [1.29, 1.82) is 0 Å². The lowest BCUT2D eigenvalue weighted by Gasteiger charge is -2.23. The number of carboxylic acid groups (broad SMARTS) is 1. The third kappa shape index (κ3) is 2.89. The van der Waals surface area contributed by atoms with E-state index in [9.17, 15) is 28.4 Å². The number of nitro benzene ring substituents is 1. The van der Waals surface area contributed by atoms with Gasteiger partial charge in [0, 0.05) is 12.6 Å². The van der Waals surface area contributed by atoms with E-state index >= 15 is 0 Å². The third-order valence-electron chi connectivity index (χ3n) is 3.73.